The topological polar surface area (TPSA) is 37.3 Å². The molecule has 0 amide bonds. The summed E-state index contributed by atoms with van der Waals surface area (Å²) in [6, 6.07) is 27.0. The van der Waals surface area contributed by atoms with Gasteiger partial charge in [0.1, 0.15) is 0 Å². The van der Waals surface area contributed by atoms with E-state index >= 15 is 0 Å². The second-order valence-corrected chi connectivity index (χ2v) is 12.1. The van der Waals surface area contributed by atoms with Crippen LogP contribution < -0.4 is 0 Å². The van der Waals surface area contributed by atoms with E-state index < -0.39 is 5.97 Å². The maximum absolute atomic E-state index is 11.4. The Morgan fingerprint density at radius 2 is 1.35 bits per heavy atom. The van der Waals surface area contributed by atoms with Crippen molar-refractivity contribution in [1.82, 2.24) is 0 Å². The fourth-order valence-electron chi connectivity index (χ4n) is 6.71. The van der Waals surface area contributed by atoms with E-state index in [0.717, 1.165) is 43.9 Å². The van der Waals surface area contributed by atoms with Gasteiger partial charge in [-0.2, -0.15) is 0 Å². The molecule has 0 aliphatic heterocycles. The monoisotopic (exact) mass is 538 g/mol. The van der Waals surface area contributed by atoms with Gasteiger partial charge in [0.25, 0.3) is 0 Å². The molecule has 1 fully saturated rings. The van der Waals surface area contributed by atoms with Crippen LogP contribution in [0.5, 0.6) is 0 Å². The van der Waals surface area contributed by atoms with Gasteiger partial charge >= 0.3 is 5.97 Å². The van der Waals surface area contributed by atoms with E-state index in [1.165, 1.54) is 91.2 Å². The molecule has 214 valence electrons. The van der Waals surface area contributed by atoms with Gasteiger partial charge in [-0.3, -0.25) is 4.79 Å². The van der Waals surface area contributed by atoms with Gasteiger partial charge < -0.3 is 5.11 Å². The van der Waals surface area contributed by atoms with Crippen molar-refractivity contribution in [3.05, 3.63) is 83.9 Å². The van der Waals surface area contributed by atoms with E-state index in [1.54, 1.807) is 0 Å². The van der Waals surface area contributed by atoms with Crippen molar-refractivity contribution < 1.29 is 9.90 Å². The highest BCUT2D eigenvalue weighted by Crippen LogP contribution is 2.39. The lowest BCUT2D eigenvalue weighted by molar-refractivity contribution is -0.142. The average Bonchev–Trinajstić information content (AvgIpc) is 3.00. The number of aliphatic carboxylic acids is 1. The minimum atomic E-state index is -0.651. The molecule has 0 radical (unpaired) electrons. The maximum Gasteiger partial charge on any atom is 0.306 e. The molecule has 1 aliphatic rings. The van der Waals surface area contributed by atoms with Crippen molar-refractivity contribution in [3.63, 3.8) is 0 Å². The van der Waals surface area contributed by atoms with Crippen LogP contribution in [0.2, 0.25) is 0 Å². The van der Waals surface area contributed by atoms with Crippen LogP contribution in [0.3, 0.4) is 0 Å². The first-order valence-corrected chi connectivity index (χ1v) is 16.1. The van der Waals surface area contributed by atoms with E-state index in [0.29, 0.717) is 0 Å². The average molecular weight is 539 g/mol. The summed E-state index contributed by atoms with van der Waals surface area (Å²) in [5, 5.41) is 9.41. The number of carboxylic acids is 1. The number of unbranched alkanes of at least 4 members (excludes halogenated alkanes) is 3. The molecule has 2 nitrogen and oxygen atoms in total. The SMILES string of the molecule is CCCCCC[C@H]1CC[C@H](c2ccc(-c3ccccc3-c3ccc(CCCC(CCC)C(=O)O)cc3)cc2)CC1. The van der Waals surface area contributed by atoms with Crippen molar-refractivity contribution in [1.29, 1.82) is 0 Å². The number of aryl methyl sites for hydroxylation is 1. The van der Waals surface area contributed by atoms with Crippen LogP contribution in [0, 0.1) is 11.8 Å². The fraction of sp³-hybridized carbons (Fsp3) is 0.500. The molecule has 3 aromatic carbocycles. The van der Waals surface area contributed by atoms with Gasteiger partial charge in [0.15, 0.2) is 0 Å². The molecule has 2 heteroatoms. The van der Waals surface area contributed by atoms with Crippen LogP contribution in [0.4, 0.5) is 0 Å². The zero-order valence-corrected chi connectivity index (χ0v) is 24.9. The smallest absolute Gasteiger partial charge is 0.306 e. The lowest BCUT2D eigenvalue weighted by Gasteiger charge is -2.29. The first kappa shape index (κ1) is 30.1. The maximum atomic E-state index is 11.4. The van der Waals surface area contributed by atoms with Gasteiger partial charge in [-0.05, 0) is 96.6 Å². The van der Waals surface area contributed by atoms with E-state index in [9.17, 15) is 9.90 Å². The summed E-state index contributed by atoms with van der Waals surface area (Å²) in [6.45, 7) is 4.35. The van der Waals surface area contributed by atoms with Crippen molar-refractivity contribution >= 4 is 5.97 Å². The predicted octanol–water partition coefficient (Wildman–Crippen LogP) is 11.1. The summed E-state index contributed by atoms with van der Waals surface area (Å²) < 4.78 is 0. The van der Waals surface area contributed by atoms with Crippen molar-refractivity contribution in [2.24, 2.45) is 11.8 Å². The molecule has 1 saturated carbocycles. The molecule has 1 atom stereocenters. The van der Waals surface area contributed by atoms with E-state index in [4.69, 9.17) is 0 Å². The molecule has 0 spiro atoms. The Labute approximate surface area is 243 Å². The normalized spacial score (nSPS) is 17.9. The van der Waals surface area contributed by atoms with E-state index in [2.05, 4.69) is 86.6 Å². The summed E-state index contributed by atoms with van der Waals surface area (Å²) in [6.07, 6.45) is 16.8. The van der Waals surface area contributed by atoms with E-state index in [1.807, 2.05) is 0 Å². The second kappa shape index (κ2) is 15.8. The third kappa shape index (κ3) is 8.56. The summed E-state index contributed by atoms with van der Waals surface area (Å²) >= 11 is 0. The molecule has 0 bridgehead atoms. The molecule has 3 aromatic rings. The largest absolute Gasteiger partial charge is 0.481 e. The van der Waals surface area contributed by atoms with E-state index in [-0.39, 0.29) is 5.92 Å². The van der Waals surface area contributed by atoms with Gasteiger partial charge in [0.2, 0.25) is 0 Å². The summed E-state index contributed by atoms with van der Waals surface area (Å²) in [5.74, 6) is 0.810. The lowest BCUT2D eigenvalue weighted by Crippen LogP contribution is -2.13. The van der Waals surface area contributed by atoms with Gasteiger partial charge in [-0.1, -0.05) is 125 Å². The second-order valence-electron chi connectivity index (χ2n) is 12.1. The molecule has 40 heavy (non-hydrogen) atoms. The molecule has 1 aliphatic carbocycles. The Hall–Kier alpha value is -2.87. The Kier molecular flexibility index (Phi) is 11.9. The Balaban J connectivity index is 1.35. The third-order valence-corrected chi connectivity index (χ3v) is 9.20. The Morgan fingerprint density at radius 3 is 1.93 bits per heavy atom. The highest BCUT2D eigenvalue weighted by atomic mass is 16.4. The van der Waals surface area contributed by atoms with Gasteiger partial charge in [-0.15, -0.1) is 0 Å². The molecule has 1 unspecified atom stereocenters. The highest BCUT2D eigenvalue weighted by molar-refractivity contribution is 5.83. The number of carbonyl (C=O) groups is 1. The quantitative estimate of drug-likeness (QED) is 0.195. The number of rotatable bonds is 15. The van der Waals surface area contributed by atoms with Crippen LogP contribution in [0.25, 0.3) is 22.3 Å². The number of hydrogen-bond donors (Lipinski definition) is 1. The fourth-order valence-corrected chi connectivity index (χ4v) is 6.71. The summed E-state index contributed by atoms with van der Waals surface area (Å²) in [7, 11) is 0. The number of benzene rings is 3. The molecule has 0 aromatic heterocycles. The molecular formula is C38H50O2. The number of hydrogen-bond acceptors (Lipinski definition) is 1. The number of carboxylic acid groups (broad SMARTS) is 1. The molecular weight excluding hydrogens is 488 g/mol. The van der Waals surface area contributed by atoms with Crippen LogP contribution in [-0.2, 0) is 11.2 Å². The summed E-state index contributed by atoms with van der Waals surface area (Å²) in [4.78, 5) is 11.4. The zero-order chi connectivity index (χ0) is 28.2. The minimum absolute atomic E-state index is 0.210. The first-order valence-electron chi connectivity index (χ1n) is 16.1. The summed E-state index contributed by atoms with van der Waals surface area (Å²) in [5.41, 5.74) is 7.85. The van der Waals surface area contributed by atoms with Gasteiger partial charge in [-0.25, -0.2) is 0 Å². The van der Waals surface area contributed by atoms with Crippen LogP contribution in [-0.4, -0.2) is 11.1 Å². The molecule has 0 heterocycles. The first-order chi connectivity index (χ1) is 19.6. The molecule has 1 N–H and O–H groups in total. The molecule has 4 rings (SSSR count). The van der Waals surface area contributed by atoms with Crippen LogP contribution in [0.1, 0.15) is 114 Å². The van der Waals surface area contributed by atoms with Crippen molar-refractivity contribution in [3.8, 4) is 22.3 Å². The van der Waals surface area contributed by atoms with Crippen molar-refractivity contribution in [2.75, 3.05) is 0 Å². The predicted molar refractivity (Wildman–Crippen MR) is 170 cm³/mol. The van der Waals surface area contributed by atoms with Gasteiger partial charge in [0.05, 0.1) is 5.92 Å². The highest BCUT2D eigenvalue weighted by Gasteiger charge is 2.22. The van der Waals surface area contributed by atoms with Crippen molar-refractivity contribution in [2.45, 2.75) is 110 Å². The minimum Gasteiger partial charge on any atom is -0.481 e. The zero-order valence-electron chi connectivity index (χ0n) is 24.9. The van der Waals surface area contributed by atoms with Gasteiger partial charge in [0, 0.05) is 0 Å². The Bertz CT molecular complexity index is 1150. The van der Waals surface area contributed by atoms with Crippen LogP contribution >= 0.6 is 0 Å². The molecule has 0 saturated heterocycles. The third-order valence-electron chi connectivity index (χ3n) is 9.20. The standard InChI is InChI=1S/C38H50O2/c1-3-5-6-7-12-29-17-21-31(22-18-29)32-25-27-34(28-26-32)37-16-9-8-15-36(37)33-23-19-30(20-24-33)13-10-14-35(11-4-2)38(39)40/h8-9,15-16,19-20,23-29,31,35H,3-7,10-14,17-18,21-22H2,1-2H3,(H,39,40)/t29-,31-,35?. The Morgan fingerprint density at radius 1 is 0.725 bits per heavy atom. The van der Waals surface area contributed by atoms with Crippen LogP contribution in [0.15, 0.2) is 72.8 Å². The lowest BCUT2D eigenvalue weighted by atomic mass is 9.77.